The molecule has 0 saturated carbocycles. The number of nitrogens with zero attached hydrogens (tertiary/aromatic N) is 3. The van der Waals surface area contributed by atoms with Crippen molar-refractivity contribution in [1.82, 2.24) is 9.21 Å². The average Bonchev–Trinajstić information content (AvgIpc) is 2.87. The van der Waals surface area contributed by atoms with E-state index in [1.165, 1.54) is 27.4 Å². The monoisotopic (exact) mass is 623 g/mol. The third kappa shape index (κ3) is 5.13. The summed E-state index contributed by atoms with van der Waals surface area (Å²) in [6, 6.07) is 19.2. The second kappa shape index (κ2) is 10.2. The number of halogens is 3. The Morgan fingerprint density at radius 1 is 0.892 bits per heavy atom. The summed E-state index contributed by atoms with van der Waals surface area (Å²) >= 11 is 16.0. The average molecular weight is 625 g/mol. The summed E-state index contributed by atoms with van der Waals surface area (Å²) in [4.78, 5) is 16.8. The fourth-order valence-electron chi connectivity index (χ4n) is 4.74. The van der Waals surface area contributed by atoms with Gasteiger partial charge in [-0.1, -0.05) is 63.4 Å². The Hall–Kier alpha value is -2.14. The van der Waals surface area contributed by atoms with Gasteiger partial charge in [0.2, 0.25) is 10.0 Å². The van der Waals surface area contributed by atoms with E-state index in [0.717, 1.165) is 10.2 Å². The minimum Gasteiger partial charge on any atom is -0.381 e. The molecular formula is C26H24BrCl2N3O4S. The summed E-state index contributed by atoms with van der Waals surface area (Å²) in [5.74, 6) is -0.450. The lowest BCUT2D eigenvalue weighted by Crippen LogP contribution is -2.61. The zero-order chi connectivity index (χ0) is 26.4. The van der Waals surface area contributed by atoms with Gasteiger partial charge in [0.05, 0.1) is 28.6 Å². The molecule has 0 aromatic heterocycles. The maximum absolute atomic E-state index is 13.4. The van der Waals surface area contributed by atoms with Gasteiger partial charge in [0, 0.05) is 46.9 Å². The first kappa shape index (κ1) is 26.5. The Balaban J connectivity index is 1.30. The van der Waals surface area contributed by atoms with Crippen LogP contribution in [-0.2, 0) is 15.6 Å². The number of hydrogen-bond acceptors (Lipinski definition) is 5. The van der Waals surface area contributed by atoms with Gasteiger partial charge in [0.1, 0.15) is 5.60 Å². The molecule has 0 spiro atoms. The summed E-state index contributed by atoms with van der Waals surface area (Å²) < 4.78 is 29.0. The first-order valence-electron chi connectivity index (χ1n) is 11.7. The Bertz CT molecular complexity index is 1440. The lowest BCUT2D eigenvalue weighted by Gasteiger charge is -2.47. The van der Waals surface area contributed by atoms with E-state index in [9.17, 15) is 18.3 Å². The molecule has 0 unspecified atom stereocenters. The number of piperazine rings is 1. The van der Waals surface area contributed by atoms with Gasteiger partial charge in [0.25, 0.3) is 5.91 Å². The minimum absolute atomic E-state index is 0.0140. The van der Waals surface area contributed by atoms with Gasteiger partial charge in [-0.2, -0.15) is 4.31 Å². The fraction of sp³-hybridized carbons (Fsp3) is 0.269. The Morgan fingerprint density at radius 2 is 1.57 bits per heavy atom. The van der Waals surface area contributed by atoms with E-state index in [1.54, 1.807) is 18.2 Å². The first-order chi connectivity index (χ1) is 17.6. The molecule has 3 aromatic carbocycles. The molecular weight excluding hydrogens is 601 g/mol. The molecule has 2 fully saturated rings. The Morgan fingerprint density at radius 3 is 2.22 bits per heavy atom. The second-order valence-corrected chi connectivity index (χ2v) is 12.9. The zero-order valence-corrected chi connectivity index (χ0v) is 23.6. The number of carbonyl (C=O) groups is 1. The molecule has 1 amide bonds. The molecule has 2 saturated heterocycles. The number of aliphatic hydroxyl groups is 1. The SMILES string of the molecule is O=C(c1cc(S(=O)(=O)N2CCN(c3ccccc3)CC2)ccc1Cl)N1CC(O)(c2ccc(Br)cc2Cl)C1. The molecule has 0 radical (unpaired) electrons. The highest BCUT2D eigenvalue weighted by Gasteiger charge is 2.46. The van der Waals surface area contributed by atoms with Crippen molar-refractivity contribution >= 4 is 60.7 Å². The van der Waals surface area contributed by atoms with Crippen LogP contribution in [0.25, 0.3) is 0 Å². The number of anilines is 1. The van der Waals surface area contributed by atoms with E-state index in [2.05, 4.69) is 20.8 Å². The maximum Gasteiger partial charge on any atom is 0.255 e. The van der Waals surface area contributed by atoms with Crippen LogP contribution in [0.5, 0.6) is 0 Å². The molecule has 11 heteroatoms. The number of para-hydroxylation sites is 1. The molecule has 1 N–H and O–H groups in total. The zero-order valence-electron chi connectivity index (χ0n) is 19.6. The van der Waals surface area contributed by atoms with Crippen molar-refractivity contribution in [2.24, 2.45) is 0 Å². The minimum atomic E-state index is -3.82. The van der Waals surface area contributed by atoms with Gasteiger partial charge in [-0.15, -0.1) is 0 Å². The fourth-order valence-corrected chi connectivity index (χ4v) is 7.24. The van der Waals surface area contributed by atoms with Gasteiger partial charge in [-0.3, -0.25) is 4.79 Å². The molecule has 7 nitrogen and oxygen atoms in total. The standard InChI is InChI=1S/C26H24BrCl2N3O4S/c27-18-6-8-22(24(29)14-18)26(34)16-31(17-26)25(33)21-15-20(7-9-23(21)28)37(35,36)32-12-10-30(11-13-32)19-4-2-1-3-5-19/h1-9,14-15,34H,10-13,16-17H2. The van der Waals surface area contributed by atoms with Crippen molar-refractivity contribution in [2.45, 2.75) is 10.5 Å². The van der Waals surface area contributed by atoms with E-state index in [0.29, 0.717) is 36.8 Å². The number of β-amino-alcohol motifs (C(OH)–C–C–N with tert-alkyl or cyclic N) is 1. The van der Waals surface area contributed by atoms with E-state index < -0.39 is 21.5 Å². The lowest BCUT2D eigenvalue weighted by atomic mass is 9.85. The number of sulfonamides is 1. The predicted molar refractivity (Wildman–Crippen MR) is 148 cm³/mol. The van der Waals surface area contributed by atoms with Crippen molar-refractivity contribution in [3.05, 3.63) is 92.4 Å². The third-order valence-corrected chi connectivity index (χ3v) is 9.82. The second-order valence-electron chi connectivity index (χ2n) is 9.19. The third-order valence-electron chi connectivity index (χ3n) is 6.79. The summed E-state index contributed by atoms with van der Waals surface area (Å²) in [6.45, 7) is 1.82. The van der Waals surface area contributed by atoms with Gasteiger partial charge >= 0.3 is 0 Å². The van der Waals surface area contributed by atoms with Crippen molar-refractivity contribution < 1.29 is 18.3 Å². The van der Waals surface area contributed by atoms with Crippen LogP contribution >= 0.6 is 39.1 Å². The van der Waals surface area contributed by atoms with Crippen LogP contribution in [0.3, 0.4) is 0 Å². The number of rotatable bonds is 5. The van der Waals surface area contributed by atoms with Crippen LogP contribution in [-0.4, -0.2) is 67.9 Å². The summed E-state index contributed by atoms with van der Waals surface area (Å²) in [7, 11) is -3.82. The molecule has 5 rings (SSSR count). The molecule has 3 aromatic rings. The van der Waals surface area contributed by atoms with Crippen molar-refractivity contribution in [3.8, 4) is 0 Å². The van der Waals surface area contributed by atoms with Gasteiger partial charge < -0.3 is 14.9 Å². The lowest BCUT2D eigenvalue weighted by molar-refractivity contribution is -0.0862. The first-order valence-corrected chi connectivity index (χ1v) is 14.6. The van der Waals surface area contributed by atoms with Gasteiger partial charge in [-0.25, -0.2) is 8.42 Å². The number of carbonyl (C=O) groups excluding carboxylic acids is 1. The predicted octanol–water partition coefficient (Wildman–Crippen LogP) is 4.61. The molecule has 2 aliphatic rings. The van der Waals surface area contributed by atoms with Crippen LogP contribution < -0.4 is 4.90 Å². The van der Waals surface area contributed by atoms with Gasteiger partial charge in [0.15, 0.2) is 0 Å². The molecule has 194 valence electrons. The summed E-state index contributed by atoms with van der Waals surface area (Å²) in [5.41, 5.74) is 0.369. The van der Waals surface area contributed by atoms with Crippen molar-refractivity contribution in [3.63, 3.8) is 0 Å². The Kier molecular flexibility index (Phi) is 7.30. The smallest absolute Gasteiger partial charge is 0.255 e. The highest BCUT2D eigenvalue weighted by atomic mass is 79.9. The topological polar surface area (TPSA) is 81.2 Å². The Labute approximate surface area is 234 Å². The van der Waals surface area contributed by atoms with Crippen molar-refractivity contribution in [1.29, 1.82) is 0 Å². The van der Waals surface area contributed by atoms with Crippen LogP contribution in [0.2, 0.25) is 10.0 Å². The number of hydrogen-bond donors (Lipinski definition) is 1. The van der Waals surface area contributed by atoms with E-state index in [1.807, 2.05) is 30.3 Å². The van der Waals surface area contributed by atoms with Crippen LogP contribution in [0.4, 0.5) is 5.69 Å². The van der Waals surface area contributed by atoms with Crippen LogP contribution in [0.15, 0.2) is 76.1 Å². The van der Waals surface area contributed by atoms with E-state index in [4.69, 9.17) is 23.2 Å². The molecule has 2 heterocycles. The molecule has 0 bridgehead atoms. The number of amides is 1. The largest absolute Gasteiger partial charge is 0.381 e. The van der Waals surface area contributed by atoms with Crippen LogP contribution in [0.1, 0.15) is 15.9 Å². The van der Waals surface area contributed by atoms with Crippen LogP contribution in [0, 0.1) is 0 Å². The normalized spacial score (nSPS) is 17.9. The van der Waals surface area contributed by atoms with Gasteiger partial charge in [-0.05, 0) is 42.5 Å². The number of benzene rings is 3. The summed E-state index contributed by atoms with van der Waals surface area (Å²) in [5, 5.41) is 11.6. The van der Waals surface area contributed by atoms with E-state index in [-0.39, 0.29) is 28.6 Å². The number of likely N-dealkylation sites (tertiary alicyclic amines) is 1. The maximum atomic E-state index is 13.4. The highest BCUT2D eigenvalue weighted by molar-refractivity contribution is 9.10. The molecule has 0 atom stereocenters. The molecule has 37 heavy (non-hydrogen) atoms. The molecule has 2 aliphatic heterocycles. The summed E-state index contributed by atoms with van der Waals surface area (Å²) in [6.07, 6.45) is 0. The quantitative estimate of drug-likeness (QED) is 0.448. The highest BCUT2D eigenvalue weighted by Crippen LogP contribution is 2.38. The van der Waals surface area contributed by atoms with Crippen molar-refractivity contribution in [2.75, 3.05) is 44.2 Å². The molecule has 0 aliphatic carbocycles. The van der Waals surface area contributed by atoms with E-state index >= 15 is 0 Å².